The quantitative estimate of drug-likeness (QED) is 0.848. The number of nitrogens with zero attached hydrogens (tertiary/aromatic N) is 5. The molecule has 6 nitrogen and oxygen atoms in total. The summed E-state index contributed by atoms with van der Waals surface area (Å²) in [6.45, 7) is 4.69. The highest BCUT2D eigenvalue weighted by atomic mass is 16.2. The molecule has 1 aliphatic heterocycles. The van der Waals surface area contributed by atoms with Crippen molar-refractivity contribution >= 4 is 5.91 Å². The van der Waals surface area contributed by atoms with E-state index < -0.39 is 0 Å². The molecule has 3 rings (SSSR count). The maximum Gasteiger partial charge on any atom is 0.257 e. The Bertz CT molecular complexity index is 632. The van der Waals surface area contributed by atoms with Gasteiger partial charge in [0.15, 0.2) is 0 Å². The van der Waals surface area contributed by atoms with Crippen LogP contribution in [0.2, 0.25) is 0 Å². The third kappa shape index (κ3) is 3.75. The summed E-state index contributed by atoms with van der Waals surface area (Å²) in [5.41, 5.74) is 1.54. The smallest absolute Gasteiger partial charge is 0.257 e. The Morgan fingerprint density at radius 3 is 2.83 bits per heavy atom. The molecule has 0 radical (unpaired) electrons. The van der Waals surface area contributed by atoms with Gasteiger partial charge in [-0.05, 0) is 25.2 Å². The largest absolute Gasteiger partial charge is 0.339 e. The minimum atomic E-state index is 0.0788. The number of imidazole rings is 1. The van der Waals surface area contributed by atoms with Crippen LogP contribution in [0, 0.1) is 5.92 Å². The molecular formula is C17H23N5O. The Kier molecular flexibility index (Phi) is 5.00. The number of amides is 1. The van der Waals surface area contributed by atoms with Crippen LogP contribution in [0.25, 0.3) is 0 Å². The summed E-state index contributed by atoms with van der Waals surface area (Å²) in [7, 11) is 0. The topological polar surface area (TPSA) is 63.9 Å². The maximum absolute atomic E-state index is 12.7. The van der Waals surface area contributed by atoms with Gasteiger partial charge in [-0.2, -0.15) is 0 Å². The molecule has 0 unspecified atom stereocenters. The van der Waals surface area contributed by atoms with Gasteiger partial charge in [-0.15, -0.1) is 0 Å². The highest BCUT2D eigenvalue weighted by Gasteiger charge is 2.25. The first-order valence-electron chi connectivity index (χ1n) is 8.31. The van der Waals surface area contributed by atoms with Crippen LogP contribution in [0.1, 0.15) is 42.2 Å². The van der Waals surface area contributed by atoms with E-state index in [0.717, 1.165) is 51.0 Å². The molecule has 1 aliphatic rings. The summed E-state index contributed by atoms with van der Waals surface area (Å²) < 4.78 is 2.12. The first-order chi connectivity index (χ1) is 11.3. The number of carbonyl (C=O) groups excluding carboxylic acids is 1. The third-order valence-corrected chi connectivity index (χ3v) is 4.44. The van der Waals surface area contributed by atoms with Crippen LogP contribution in [0.5, 0.6) is 0 Å². The van der Waals surface area contributed by atoms with Gasteiger partial charge in [0.25, 0.3) is 5.91 Å². The van der Waals surface area contributed by atoms with E-state index in [-0.39, 0.29) is 5.91 Å². The molecule has 6 heteroatoms. The summed E-state index contributed by atoms with van der Waals surface area (Å²) in [4.78, 5) is 27.1. The lowest BCUT2D eigenvalue weighted by atomic mass is 9.96. The van der Waals surface area contributed by atoms with Crippen molar-refractivity contribution in [3.8, 4) is 0 Å². The lowest BCUT2D eigenvalue weighted by molar-refractivity contribution is 0.0680. The number of piperidine rings is 1. The van der Waals surface area contributed by atoms with E-state index >= 15 is 0 Å². The summed E-state index contributed by atoms with van der Waals surface area (Å²) >= 11 is 0. The summed E-state index contributed by atoms with van der Waals surface area (Å²) in [5.74, 6) is 0.686. The van der Waals surface area contributed by atoms with Crippen LogP contribution in [0.3, 0.4) is 0 Å². The van der Waals surface area contributed by atoms with E-state index in [9.17, 15) is 4.79 Å². The molecule has 0 N–H and O–H groups in total. The van der Waals surface area contributed by atoms with E-state index in [0.29, 0.717) is 11.5 Å². The van der Waals surface area contributed by atoms with E-state index in [1.54, 1.807) is 6.20 Å². The van der Waals surface area contributed by atoms with Gasteiger partial charge in [0.05, 0.1) is 17.6 Å². The monoisotopic (exact) mass is 313 g/mol. The van der Waals surface area contributed by atoms with E-state index in [2.05, 4.69) is 26.4 Å². The van der Waals surface area contributed by atoms with Gasteiger partial charge in [-0.25, -0.2) is 15.0 Å². The van der Waals surface area contributed by atoms with Crippen molar-refractivity contribution in [3.63, 3.8) is 0 Å². The second kappa shape index (κ2) is 7.35. The standard InChI is InChI=1S/C17H23N5O/c1-2-3-16-15(10-19-12-20-16)17(23)22-7-4-14(5-8-22)11-21-9-6-18-13-21/h6,9-10,12-14H,2-5,7-8,11H2,1H3. The molecule has 0 aliphatic carbocycles. The van der Waals surface area contributed by atoms with Gasteiger partial charge in [0.1, 0.15) is 6.33 Å². The Hall–Kier alpha value is -2.24. The van der Waals surface area contributed by atoms with Gasteiger partial charge in [0, 0.05) is 38.2 Å². The Labute approximate surface area is 136 Å². The van der Waals surface area contributed by atoms with Crippen LogP contribution in [-0.4, -0.2) is 43.4 Å². The third-order valence-electron chi connectivity index (χ3n) is 4.44. The van der Waals surface area contributed by atoms with Crippen molar-refractivity contribution in [3.05, 3.63) is 42.5 Å². The van der Waals surface area contributed by atoms with Crippen LogP contribution < -0.4 is 0 Å². The van der Waals surface area contributed by atoms with Gasteiger partial charge < -0.3 is 9.47 Å². The SMILES string of the molecule is CCCc1ncncc1C(=O)N1CCC(Cn2ccnc2)CC1. The molecule has 1 fully saturated rings. The van der Waals surface area contributed by atoms with E-state index in [4.69, 9.17) is 0 Å². The highest BCUT2D eigenvalue weighted by molar-refractivity contribution is 5.95. The van der Waals surface area contributed by atoms with Crippen LogP contribution >= 0.6 is 0 Å². The molecule has 0 bridgehead atoms. The number of hydrogen-bond acceptors (Lipinski definition) is 4. The first-order valence-corrected chi connectivity index (χ1v) is 8.31. The van der Waals surface area contributed by atoms with Crippen molar-refractivity contribution in [1.29, 1.82) is 0 Å². The minimum absolute atomic E-state index is 0.0788. The zero-order valence-corrected chi connectivity index (χ0v) is 13.6. The Morgan fingerprint density at radius 1 is 1.30 bits per heavy atom. The van der Waals surface area contributed by atoms with Crippen molar-refractivity contribution < 1.29 is 4.79 Å². The summed E-state index contributed by atoms with van der Waals surface area (Å²) in [6.07, 6.45) is 12.7. The Morgan fingerprint density at radius 2 is 2.13 bits per heavy atom. The van der Waals surface area contributed by atoms with Gasteiger partial charge in [0.2, 0.25) is 0 Å². The fourth-order valence-corrected chi connectivity index (χ4v) is 3.15. The molecule has 2 aromatic heterocycles. The average Bonchev–Trinajstić information content (AvgIpc) is 3.09. The van der Waals surface area contributed by atoms with E-state index in [1.807, 2.05) is 23.6 Å². The molecular weight excluding hydrogens is 290 g/mol. The summed E-state index contributed by atoms with van der Waals surface area (Å²) in [6, 6.07) is 0. The molecule has 0 aromatic carbocycles. The molecule has 3 heterocycles. The lowest BCUT2D eigenvalue weighted by Gasteiger charge is -2.32. The zero-order chi connectivity index (χ0) is 16.1. The fourth-order valence-electron chi connectivity index (χ4n) is 3.15. The highest BCUT2D eigenvalue weighted by Crippen LogP contribution is 2.21. The van der Waals surface area contributed by atoms with Gasteiger partial charge in [-0.1, -0.05) is 13.3 Å². The predicted octanol–water partition coefficient (Wildman–Crippen LogP) is 2.18. The van der Waals surface area contributed by atoms with Crippen LogP contribution in [0.15, 0.2) is 31.2 Å². The number of rotatable bonds is 5. The molecule has 0 spiro atoms. The van der Waals surface area contributed by atoms with Gasteiger partial charge >= 0.3 is 0 Å². The van der Waals surface area contributed by atoms with E-state index in [1.165, 1.54) is 6.33 Å². The van der Waals surface area contributed by atoms with Gasteiger partial charge in [-0.3, -0.25) is 4.79 Å². The molecule has 2 aromatic rings. The molecule has 1 amide bonds. The summed E-state index contributed by atoms with van der Waals surface area (Å²) in [5, 5.41) is 0. The average molecular weight is 313 g/mol. The van der Waals surface area contributed by atoms with Crippen LogP contribution in [-0.2, 0) is 13.0 Å². The number of hydrogen-bond donors (Lipinski definition) is 0. The molecule has 1 saturated heterocycles. The normalized spacial score (nSPS) is 15.8. The predicted molar refractivity (Wildman–Crippen MR) is 86.9 cm³/mol. The van der Waals surface area contributed by atoms with Crippen molar-refractivity contribution in [2.75, 3.05) is 13.1 Å². The fraction of sp³-hybridized carbons (Fsp3) is 0.529. The first kappa shape index (κ1) is 15.6. The molecule has 0 atom stereocenters. The second-order valence-corrected chi connectivity index (χ2v) is 6.13. The number of aryl methyl sites for hydroxylation is 1. The minimum Gasteiger partial charge on any atom is -0.339 e. The number of aromatic nitrogens is 4. The molecule has 23 heavy (non-hydrogen) atoms. The van der Waals surface area contributed by atoms with Crippen LogP contribution in [0.4, 0.5) is 0 Å². The molecule has 0 saturated carbocycles. The van der Waals surface area contributed by atoms with Crippen molar-refractivity contribution in [2.24, 2.45) is 5.92 Å². The van der Waals surface area contributed by atoms with Crippen molar-refractivity contribution in [1.82, 2.24) is 24.4 Å². The lowest BCUT2D eigenvalue weighted by Crippen LogP contribution is -2.39. The molecule has 122 valence electrons. The zero-order valence-electron chi connectivity index (χ0n) is 13.6. The Balaban J connectivity index is 1.60. The number of likely N-dealkylation sites (tertiary alicyclic amines) is 1. The number of carbonyl (C=O) groups is 1. The second-order valence-electron chi connectivity index (χ2n) is 6.13. The maximum atomic E-state index is 12.7. The van der Waals surface area contributed by atoms with Crippen molar-refractivity contribution in [2.45, 2.75) is 39.2 Å².